The van der Waals surface area contributed by atoms with E-state index in [1.807, 2.05) is 0 Å². The molecular weight excluding hydrogens is 244 g/mol. The minimum atomic E-state index is 0.362. The van der Waals surface area contributed by atoms with Gasteiger partial charge < -0.3 is 4.57 Å². The lowest BCUT2D eigenvalue weighted by molar-refractivity contribution is 0.168. The summed E-state index contributed by atoms with van der Waals surface area (Å²) in [5.74, 6) is 1.47. The first-order valence-corrected chi connectivity index (χ1v) is 7.83. The van der Waals surface area contributed by atoms with Gasteiger partial charge in [0.15, 0.2) is 0 Å². The Morgan fingerprint density at radius 1 is 1.20 bits per heavy atom. The van der Waals surface area contributed by atoms with Gasteiger partial charge >= 0.3 is 0 Å². The standard InChI is InChI=1S/C18H24N2/c1-12-17(14-9-10-20(12)18(14,2)3)16-11-13-7-5-6-8-15(13)19(16)4/h5-8,11-12,14,17H,9-10H2,1-4H3. The zero-order valence-corrected chi connectivity index (χ0v) is 12.9. The maximum atomic E-state index is 2.72. The van der Waals surface area contributed by atoms with Crippen LogP contribution < -0.4 is 0 Å². The Hall–Kier alpha value is -1.28. The molecule has 2 aliphatic rings. The van der Waals surface area contributed by atoms with Crippen LogP contribution in [-0.2, 0) is 7.05 Å². The molecule has 0 aliphatic carbocycles. The van der Waals surface area contributed by atoms with E-state index >= 15 is 0 Å². The fourth-order valence-electron chi connectivity index (χ4n) is 5.09. The largest absolute Gasteiger partial charge is 0.347 e. The van der Waals surface area contributed by atoms with E-state index in [2.05, 4.69) is 67.6 Å². The van der Waals surface area contributed by atoms with Crippen LogP contribution in [0, 0.1) is 5.92 Å². The molecule has 20 heavy (non-hydrogen) atoms. The highest BCUT2D eigenvalue weighted by molar-refractivity contribution is 5.81. The van der Waals surface area contributed by atoms with Crippen LogP contribution in [0.15, 0.2) is 30.3 Å². The van der Waals surface area contributed by atoms with E-state index in [1.165, 1.54) is 29.6 Å². The van der Waals surface area contributed by atoms with Crippen LogP contribution in [0.25, 0.3) is 10.9 Å². The van der Waals surface area contributed by atoms with Crippen molar-refractivity contribution >= 4 is 10.9 Å². The molecule has 2 bridgehead atoms. The molecule has 1 aromatic heterocycles. The number of piperidine rings is 1. The Labute approximate surface area is 121 Å². The van der Waals surface area contributed by atoms with Crippen LogP contribution in [0.2, 0.25) is 0 Å². The van der Waals surface area contributed by atoms with E-state index in [0.29, 0.717) is 17.5 Å². The van der Waals surface area contributed by atoms with Gasteiger partial charge in [-0.05, 0) is 57.2 Å². The lowest BCUT2D eigenvalue weighted by Gasteiger charge is -2.31. The third-order valence-electron chi connectivity index (χ3n) is 6.10. The van der Waals surface area contributed by atoms with E-state index in [0.717, 1.165) is 5.92 Å². The van der Waals surface area contributed by atoms with Crippen LogP contribution in [0.5, 0.6) is 0 Å². The van der Waals surface area contributed by atoms with Crippen molar-refractivity contribution in [3.63, 3.8) is 0 Å². The van der Waals surface area contributed by atoms with Gasteiger partial charge in [0.2, 0.25) is 0 Å². The summed E-state index contributed by atoms with van der Waals surface area (Å²) in [6.45, 7) is 8.57. The zero-order valence-electron chi connectivity index (χ0n) is 12.9. The van der Waals surface area contributed by atoms with Crippen LogP contribution in [-0.4, -0.2) is 27.6 Å². The Balaban J connectivity index is 1.86. The highest BCUT2D eigenvalue weighted by Crippen LogP contribution is 2.54. The smallest absolute Gasteiger partial charge is 0.0479 e. The highest BCUT2D eigenvalue weighted by Gasteiger charge is 2.56. The molecule has 0 saturated carbocycles. The van der Waals surface area contributed by atoms with Crippen molar-refractivity contribution in [2.75, 3.05) is 6.54 Å². The molecule has 0 spiro atoms. The summed E-state index contributed by atoms with van der Waals surface area (Å²) in [7, 11) is 2.23. The topological polar surface area (TPSA) is 8.17 Å². The Kier molecular flexibility index (Phi) is 2.42. The molecule has 2 aromatic rings. The van der Waals surface area contributed by atoms with E-state index < -0.39 is 0 Å². The van der Waals surface area contributed by atoms with E-state index in [9.17, 15) is 0 Å². The predicted molar refractivity (Wildman–Crippen MR) is 84.0 cm³/mol. The van der Waals surface area contributed by atoms with Crippen molar-refractivity contribution in [3.05, 3.63) is 36.0 Å². The van der Waals surface area contributed by atoms with Crippen molar-refractivity contribution in [1.82, 2.24) is 9.47 Å². The first-order valence-electron chi connectivity index (χ1n) is 7.83. The summed E-state index contributed by atoms with van der Waals surface area (Å²) in [6, 6.07) is 11.8. The summed E-state index contributed by atoms with van der Waals surface area (Å²) in [5.41, 5.74) is 3.25. The lowest BCUT2D eigenvalue weighted by Crippen LogP contribution is -2.39. The number of hydrogen-bond donors (Lipinski definition) is 0. The third-order valence-corrected chi connectivity index (χ3v) is 6.10. The van der Waals surface area contributed by atoms with Crippen molar-refractivity contribution in [2.24, 2.45) is 13.0 Å². The molecule has 0 N–H and O–H groups in total. The Morgan fingerprint density at radius 2 is 1.95 bits per heavy atom. The SMILES string of the molecule is CC1C(c2cc3ccccc3n2C)C2CCN1C2(C)C. The number of para-hydroxylation sites is 1. The highest BCUT2D eigenvalue weighted by atomic mass is 15.3. The fourth-order valence-corrected chi connectivity index (χ4v) is 5.09. The molecule has 0 amide bonds. The monoisotopic (exact) mass is 268 g/mol. The molecule has 1 aromatic carbocycles. The molecular formula is C18H24N2. The van der Waals surface area contributed by atoms with Gasteiger partial charge in [0.05, 0.1) is 0 Å². The molecule has 106 valence electrons. The second kappa shape index (κ2) is 3.88. The first kappa shape index (κ1) is 12.5. The number of nitrogens with zero attached hydrogens (tertiary/aromatic N) is 2. The predicted octanol–water partition coefficient (Wildman–Crippen LogP) is 3.76. The summed E-state index contributed by atoms with van der Waals surface area (Å²) < 4.78 is 2.42. The van der Waals surface area contributed by atoms with Crippen LogP contribution in [0.3, 0.4) is 0 Å². The van der Waals surface area contributed by atoms with Crippen molar-refractivity contribution in [3.8, 4) is 0 Å². The maximum Gasteiger partial charge on any atom is 0.0479 e. The molecule has 2 aliphatic heterocycles. The van der Waals surface area contributed by atoms with Gasteiger partial charge in [-0.1, -0.05) is 18.2 Å². The summed E-state index contributed by atoms with van der Waals surface area (Å²) in [6.07, 6.45) is 1.35. The number of benzene rings is 1. The minimum absolute atomic E-state index is 0.362. The van der Waals surface area contributed by atoms with Crippen molar-refractivity contribution in [1.29, 1.82) is 0 Å². The Bertz CT molecular complexity index is 667. The van der Waals surface area contributed by atoms with Gasteiger partial charge in [-0.3, -0.25) is 4.90 Å². The summed E-state index contributed by atoms with van der Waals surface area (Å²) in [5, 5.41) is 1.38. The number of fused-ring (bicyclic) bond motifs is 3. The van der Waals surface area contributed by atoms with Crippen molar-refractivity contribution in [2.45, 2.75) is 44.7 Å². The van der Waals surface area contributed by atoms with Gasteiger partial charge in [-0.15, -0.1) is 0 Å². The summed E-state index contributed by atoms with van der Waals surface area (Å²) in [4.78, 5) is 2.72. The van der Waals surface area contributed by atoms with Gasteiger partial charge in [-0.25, -0.2) is 0 Å². The average molecular weight is 268 g/mol. The molecule has 2 saturated heterocycles. The molecule has 4 unspecified atom stereocenters. The normalized spacial score (nSPS) is 35.0. The van der Waals surface area contributed by atoms with Crippen molar-refractivity contribution < 1.29 is 0 Å². The fraction of sp³-hybridized carbons (Fsp3) is 0.556. The molecule has 2 heteroatoms. The van der Waals surface area contributed by atoms with Crippen LogP contribution in [0.1, 0.15) is 38.8 Å². The number of rotatable bonds is 1. The lowest BCUT2D eigenvalue weighted by atomic mass is 9.78. The van der Waals surface area contributed by atoms with Gasteiger partial charge in [0.25, 0.3) is 0 Å². The number of hydrogen-bond acceptors (Lipinski definition) is 1. The summed E-state index contributed by atoms with van der Waals surface area (Å²) >= 11 is 0. The van der Waals surface area contributed by atoms with E-state index in [1.54, 1.807) is 0 Å². The molecule has 2 nitrogen and oxygen atoms in total. The van der Waals surface area contributed by atoms with E-state index in [4.69, 9.17) is 0 Å². The second-order valence-corrected chi connectivity index (χ2v) is 7.20. The van der Waals surface area contributed by atoms with Crippen LogP contribution in [0.4, 0.5) is 0 Å². The number of aromatic nitrogens is 1. The molecule has 2 fully saturated rings. The zero-order chi connectivity index (χ0) is 14.1. The molecule has 4 rings (SSSR count). The van der Waals surface area contributed by atoms with E-state index in [-0.39, 0.29) is 0 Å². The van der Waals surface area contributed by atoms with Crippen LogP contribution >= 0.6 is 0 Å². The molecule has 4 atom stereocenters. The Morgan fingerprint density at radius 3 is 2.60 bits per heavy atom. The van der Waals surface area contributed by atoms with Gasteiger partial charge in [0, 0.05) is 35.8 Å². The number of aryl methyl sites for hydroxylation is 1. The third kappa shape index (κ3) is 1.38. The van der Waals surface area contributed by atoms with Gasteiger partial charge in [0.1, 0.15) is 0 Å². The maximum absolute atomic E-state index is 2.72. The minimum Gasteiger partial charge on any atom is -0.347 e. The average Bonchev–Trinajstić information content (AvgIpc) is 2.96. The molecule has 0 radical (unpaired) electrons. The second-order valence-electron chi connectivity index (χ2n) is 7.20. The van der Waals surface area contributed by atoms with Gasteiger partial charge in [-0.2, -0.15) is 0 Å². The molecule has 3 heterocycles. The quantitative estimate of drug-likeness (QED) is 0.764. The first-order chi connectivity index (χ1) is 9.51.